The van der Waals surface area contributed by atoms with Crippen molar-refractivity contribution in [2.75, 3.05) is 5.32 Å². The van der Waals surface area contributed by atoms with Crippen LogP contribution < -0.4 is 10.6 Å². The number of aryl methyl sites for hydroxylation is 2. The van der Waals surface area contributed by atoms with Gasteiger partial charge in [-0.1, -0.05) is 6.08 Å². The monoisotopic (exact) mass is 330 g/mol. The lowest BCUT2D eigenvalue weighted by atomic mass is 10.2. The number of amides is 1. The number of hydrogen-bond donors (Lipinski definition) is 2. The van der Waals surface area contributed by atoms with Crippen molar-refractivity contribution >= 4 is 11.6 Å². The molecule has 0 aliphatic heterocycles. The molecule has 0 unspecified atom stereocenters. The number of hydrogen-bond acceptors (Lipinski definition) is 3. The second-order valence-corrected chi connectivity index (χ2v) is 5.80. The first-order valence-corrected chi connectivity index (χ1v) is 7.85. The fourth-order valence-electron chi connectivity index (χ4n) is 2.32. The van der Waals surface area contributed by atoms with Crippen LogP contribution in [0.25, 0.3) is 0 Å². The zero-order valence-electron chi connectivity index (χ0n) is 14.3. The van der Waals surface area contributed by atoms with Gasteiger partial charge in [-0.2, -0.15) is 5.10 Å². The van der Waals surface area contributed by atoms with E-state index in [1.165, 1.54) is 12.1 Å². The Morgan fingerprint density at radius 1 is 1.46 bits per heavy atom. The highest BCUT2D eigenvalue weighted by Gasteiger charge is 2.14. The molecule has 0 bridgehead atoms. The fourth-order valence-corrected chi connectivity index (χ4v) is 2.32. The Hall–Kier alpha value is -2.47. The van der Waals surface area contributed by atoms with Gasteiger partial charge in [0.05, 0.1) is 18.3 Å². The number of aromatic nitrogens is 2. The van der Waals surface area contributed by atoms with Crippen LogP contribution in [0.3, 0.4) is 0 Å². The molecule has 0 aliphatic carbocycles. The highest BCUT2D eigenvalue weighted by Crippen LogP contribution is 2.16. The molecule has 0 spiro atoms. The van der Waals surface area contributed by atoms with Gasteiger partial charge in [0.1, 0.15) is 5.82 Å². The van der Waals surface area contributed by atoms with Crippen molar-refractivity contribution in [3.05, 3.63) is 59.7 Å². The van der Waals surface area contributed by atoms with Gasteiger partial charge in [-0.05, 0) is 44.5 Å². The van der Waals surface area contributed by atoms with E-state index < -0.39 is 6.04 Å². The molecular weight excluding hydrogens is 307 g/mol. The van der Waals surface area contributed by atoms with Crippen molar-refractivity contribution in [3.63, 3.8) is 0 Å². The highest BCUT2D eigenvalue weighted by molar-refractivity contribution is 5.95. The third-order valence-electron chi connectivity index (χ3n) is 3.80. The van der Waals surface area contributed by atoms with Crippen LogP contribution in [0.4, 0.5) is 10.1 Å². The lowest BCUT2D eigenvalue weighted by molar-refractivity contribution is -0.117. The quantitative estimate of drug-likeness (QED) is 0.768. The van der Waals surface area contributed by atoms with Crippen molar-refractivity contribution in [3.8, 4) is 0 Å². The molecule has 0 radical (unpaired) electrons. The predicted octanol–water partition coefficient (Wildman–Crippen LogP) is 2.94. The Labute approximate surface area is 141 Å². The number of nitrogens with one attached hydrogen (secondary N) is 2. The maximum atomic E-state index is 13.1. The van der Waals surface area contributed by atoms with E-state index in [4.69, 9.17) is 0 Å². The second-order valence-electron chi connectivity index (χ2n) is 5.80. The molecule has 2 aromatic rings. The fraction of sp³-hybridized carbons (Fsp3) is 0.333. The smallest absolute Gasteiger partial charge is 0.241 e. The lowest BCUT2D eigenvalue weighted by Crippen LogP contribution is -2.37. The Balaban J connectivity index is 1.93. The van der Waals surface area contributed by atoms with Gasteiger partial charge in [0.15, 0.2) is 0 Å². The minimum Gasteiger partial charge on any atom is -0.324 e. The summed E-state index contributed by atoms with van der Waals surface area (Å²) in [4.78, 5) is 12.3. The van der Waals surface area contributed by atoms with Gasteiger partial charge in [0.25, 0.3) is 0 Å². The SMILES string of the molecule is C=CCn1cc(CN[C@H](C)C(=O)Nc2ccc(F)cc2C)c(C)n1. The molecule has 6 heteroatoms. The average molecular weight is 330 g/mol. The normalized spacial score (nSPS) is 12.0. The molecule has 0 saturated carbocycles. The van der Waals surface area contributed by atoms with Crippen LogP contribution >= 0.6 is 0 Å². The average Bonchev–Trinajstić information content (AvgIpc) is 2.87. The minimum absolute atomic E-state index is 0.166. The highest BCUT2D eigenvalue weighted by atomic mass is 19.1. The van der Waals surface area contributed by atoms with E-state index in [0.717, 1.165) is 11.3 Å². The molecule has 1 aromatic heterocycles. The van der Waals surface area contributed by atoms with Crippen molar-refractivity contribution in [1.82, 2.24) is 15.1 Å². The first-order valence-electron chi connectivity index (χ1n) is 7.85. The molecule has 2 N–H and O–H groups in total. The third-order valence-corrected chi connectivity index (χ3v) is 3.80. The van der Waals surface area contributed by atoms with Crippen LogP contribution in [0.15, 0.2) is 37.1 Å². The molecule has 1 atom stereocenters. The molecule has 1 amide bonds. The summed E-state index contributed by atoms with van der Waals surface area (Å²) in [5, 5.41) is 10.4. The van der Waals surface area contributed by atoms with Crippen LogP contribution in [-0.4, -0.2) is 21.7 Å². The zero-order chi connectivity index (χ0) is 17.7. The van der Waals surface area contributed by atoms with Crippen LogP contribution in [0, 0.1) is 19.7 Å². The number of allylic oxidation sites excluding steroid dienone is 1. The molecule has 5 nitrogen and oxygen atoms in total. The van der Waals surface area contributed by atoms with Crippen molar-refractivity contribution in [1.29, 1.82) is 0 Å². The summed E-state index contributed by atoms with van der Waals surface area (Å²) in [6.07, 6.45) is 3.73. The largest absolute Gasteiger partial charge is 0.324 e. The van der Waals surface area contributed by atoms with E-state index in [9.17, 15) is 9.18 Å². The van der Waals surface area contributed by atoms with Crippen LogP contribution in [0.2, 0.25) is 0 Å². The predicted molar refractivity (Wildman–Crippen MR) is 93.2 cm³/mol. The van der Waals surface area contributed by atoms with Crippen LogP contribution in [0.1, 0.15) is 23.7 Å². The first kappa shape index (κ1) is 17.9. The van der Waals surface area contributed by atoms with Gasteiger partial charge in [-0.3, -0.25) is 9.48 Å². The maximum Gasteiger partial charge on any atom is 0.241 e. The van der Waals surface area contributed by atoms with E-state index in [1.54, 1.807) is 26.0 Å². The number of halogens is 1. The van der Waals surface area contributed by atoms with Gasteiger partial charge in [-0.15, -0.1) is 6.58 Å². The number of carbonyl (C=O) groups excluding carboxylic acids is 1. The third kappa shape index (κ3) is 4.52. The molecule has 0 aliphatic rings. The van der Waals surface area contributed by atoms with E-state index in [0.29, 0.717) is 24.3 Å². The molecule has 0 fully saturated rings. The van der Waals surface area contributed by atoms with Crippen LogP contribution in [0.5, 0.6) is 0 Å². The Morgan fingerprint density at radius 2 is 2.21 bits per heavy atom. The molecule has 24 heavy (non-hydrogen) atoms. The topological polar surface area (TPSA) is 59.0 Å². The summed E-state index contributed by atoms with van der Waals surface area (Å²) in [5.41, 5.74) is 3.27. The van der Waals surface area contributed by atoms with Crippen molar-refractivity contribution in [2.24, 2.45) is 0 Å². The number of nitrogens with zero attached hydrogens (tertiary/aromatic N) is 2. The Bertz CT molecular complexity index is 739. The van der Waals surface area contributed by atoms with Gasteiger partial charge in [-0.25, -0.2) is 4.39 Å². The van der Waals surface area contributed by atoms with Gasteiger partial charge < -0.3 is 10.6 Å². The maximum absolute atomic E-state index is 13.1. The minimum atomic E-state index is -0.392. The van der Waals surface area contributed by atoms with E-state index in [1.807, 2.05) is 17.8 Å². The standard InChI is InChI=1S/C18H23FN4O/c1-5-8-23-11-15(13(3)22-23)10-20-14(4)18(24)21-17-7-6-16(19)9-12(17)2/h5-7,9,11,14,20H,1,8,10H2,2-4H3,(H,21,24)/t14-/m1/s1. The second kappa shape index (κ2) is 7.88. The molecule has 0 saturated heterocycles. The Morgan fingerprint density at radius 3 is 2.88 bits per heavy atom. The van der Waals surface area contributed by atoms with Crippen molar-refractivity contribution in [2.45, 2.75) is 39.9 Å². The summed E-state index contributed by atoms with van der Waals surface area (Å²) in [6.45, 7) is 10.4. The van der Waals surface area contributed by atoms with Gasteiger partial charge in [0.2, 0.25) is 5.91 Å². The molecule has 128 valence electrons. The molecular formula is C18H23FN4O. The van der Waals surface area contributed by atoms with Crippen molar-refractivity contribution < 1.29 is 9.18 Å². The first-order chi connectivity index (χ1) is 11.4. The van der Waals surface area contributed by atoms with Gasteiger partial charge in [0, 0.05) is 24.0 Å². The number of benzene rings is 1. The van der Waals surface area contributed by atoms with E-state index in [2.05, 4.69) is 22.3 Å². The van der Waals surface area contributed by atoms with E-state index >= 15 is 0 Å². The summed E-state index contributed by atoms with van der Waals surface area (Å²) in [7, 11) is 0. The summed E-state index contributed by atoms with van der Waals surface area (Å²) in [6, 6.07) is 3.90. The molecule has 2 rings (SSSR count). The Kier molecular flexibility index (Phi) is 5.87. The van der Waals surface area contributed by atoms with Crippen LogP contribution in [-0.2, 0) is 17.9 Å². The number of anilines is 1. The zero-order valence-corrected chi connectivity index (χ0v) is 14.3. The lowest BCUT2D eigenvalue weighted by Gasteiger charge is -2.15. The number of carbonyl (C=O) groups is 1. The molecule has 1 aromatic carbocycles. The van der Waals surface area contributed by atoms with Gasteiger partial charge >= 0.3 is 0 Å². The summed E-state index contributed by atoms with van der Waals surface area (Å²) < 4.78 is 14.9. The number of rotatable bonds is 7. The molecule has 1 heterocycles. The summed E-state index contributed by atoms with van der Waals surface area (Å²) >= 11 is 0. The summed E-state index contributed by atoms with van der Waals surface area (Å²) in [5.74, 6) is -0.482. The van der Waals surface area contributed by atoms with E-state index in [-0.39, 0.29) is 11.7 Å².